The molecule has 0 bridgehead atoms. The topological polar surface area (TPSA) is 72.9 Å². The predicted molar refractivity (Wildman–Crippen MR) is 133 cm³/mol. The first kappa shape index (κ1) is 26.7. The second-order valence-corrected chi connectivity index (χ2v) is 11.0. The number of aliphatic hydroxyl groups excluding tert-OH is 1. The van der Waals surface area contributed by atoms with E-state index in [0.717, 1.165) is 64.1 Å². The van der Waals surface area contributed by atoms with E-state index in [0.29, 0.717) is 19.4 Å². The van der Waals surface area contributed by atoms with Crippen LogP contribution in [0.25, 0.3) is 0 Å². The van der Waals surface area contributed by atoms with Gasteiger partial charge in [0.05, 0.1) is 6.10 Å². The molecular formula is C26H46ClN3O3. The number of hydrogen-bond acceptors (Lipinski definition) is 4. The summed E-state index contributed by atoms with van der Waals surface area (Å²) in [4.78, 5) is 31.6. The zero-order valence-corrected chi connectivity index (χ0v) is 21.4. The first-order chi connectivity index (χ1) is 15.5. The number of aliphatic hydroxyl groups is 1. The van der Waals surface area contributed by atoms with Crippen molar-refractivity contribution in [3.05, 3.63) is 0 Å². The summed E-state index contributed by atoms with van der Waals surface area (Å²) < 4.78 is 0. The van der Waals surface area contributed by atoms with Gasteiger partial charge in [0.2, 0.25) is 11.8 Å². The van der Waals surface area contributed by atoms with Crippen LogP contribution in [0.1, 0.15) is 96.8 Å². The lowest BCUT2D eigenvalue weighted by Crippen LogP contribution is -2.75. The quantitative estimate of drug-likeness (QED) is 0.576. The van der Waals surface area contributed by atoms with Crippen molar-refractivity contribution < 1.29 is 14.7 Å². The maximum Gasteiger partial charge on any atom is 0.248 e. The van der Waals surface area contributed by atoms with Crippen molar-refractivity contribution in [2.24, 2.45) is 11.8 Å². The highest BCUT2D eigenvalue weighted by Crippen LogP contribution is 2.37. The summed E-state index contributed by atoms with van der Waals surface area (Å²) in [5.74, 6) is 0.852. The lowest BCUT2D eigenvalue weighted by Gasteiger charge is -2.53. The number of carbonyl (C=O) groups excluding carboxylic acids is 2. The second-order valence-electron chi connectivity index (χ2n) is 11.0. The van der Waals surface area contributed by atoms with Gasteiger partial charge >= 0.3 is 0 Å². The first-order valence-corrected chi connectivity index (χ1v) is 13.6. The molecule has 2 heterocycles. The molecule has 4 rings (SSSR count). The smallest absolute Gasteiger partial charge is 0.248 e. The van der Waals surface area contributed by atoms with Crippen molar-refractivity contribution in [2.75, 3.05) is 26.2 Å². The number of amides is 2. The average Bonchev–Trinajstić information content (AvgIpc) is 2.83. The summed E-state index contributed by atoms with van der Waals surface area (Å²) in [6.45, 7) is 5.66. The Morgan fingerprint density at radius 1 is 1.00 bits per heavy atom. The van der Waals surface area contributed by atoms with Crippen molar-refractivity contribution >= 4 is 24.2 Å². The number of likely N-dealkylation sites (tertiary alicyclic amines) is 1. The Labute approximate surface area is 206 Å². The Morgan fingerprint density at radius 2 is 1.61 bits per heavy atom. The van der Waals surface area contributed by atoms with Gasteiger partial charge in [-0.25, -0.2) is 0 Å². The van der Waals surface area contributed by atoms with Gasteiger partial charge in [-0.15, -0.1) is 12.4 Å². The molecule has 2 N–H and O–H groups in total. The van der Waals surface area contributed by atoms with E-state index in [9.17, 15) is 14.7 Å². The van der Waals surface area contributed by atoms with Crippen molar-refractivity contribution in [3.8, 4) is 0 Å². The van der Waals surface area contributed by atoms with E-state index in [2.05, 4.69) is 17.1 Å². The highest BCUT2D eigenvalue weighted by Gasteiger charge is 2.55. The highest BCUT2D eigenvalue weighted by atomic mass is 35.5. The van der Waals surface area contributed by atoms with Crippen LogP contribution >= 0.6 is 12.4 Å². The van der Waals surface area contributed by atoms with E-state index in [1.807, 2.05) is 4.90 Å². The van der Waals surface area contributed by atoms with Gasteiger partial charge in [0.25, 0.3) is 0 Å². The molecule has 6 nitrogen and oxygen atoms in total. The Morgan fingerprint density at radius 3 is 2.21 bits per heavy atom. The van der Waals surface area contributed by atoms with E-state index >= 15 is 0 Å². The molecule has 2 saturated carbocycles. The molecule has 0 aromatic heterocycles. The summed E-state index contributed by atoms with van der Waals surface area (Å²) in [5, 5.41) is 14.1. The predicted octanol–water partition coefficient (Wildman–Crippen LogP) is 3.89. The molecule has 4 aliphatic rings. The van der Waals surface area contributed by atoms with E-state index in [4.69, 9.17) is 0 Å². The molecule has 2 saturated heterocycles. The standard InChI is InChI=1S/C26H45N3O3.ClH/c1-2-3-16-29-24(31)22(23(30)21-12-8-5-9-13-21)27-25(32)26(29)14-17-28(18-15-26)19-20-10-6-4-7-11-20;/h20-23,30H,2-19H2,1H3,(H,27,32);1H/t22-,23-;/m1./s1. The highest BCUT2D eigenvalue weighted by molar-refractivity contribution is 6.00. The fraction of sp³-hybridized carbons (Fsp3) is 0.923. The molecule has 0 aromatic carbocycles. The van der Waals surface area contributed by atoms with E-state index in [1.165, 1.54) is 38.5 Å². The molecular weight excluding hydrogens is 438 g/mol. The van der Waals surface area contributed by atoms with Gasteiger partial charge in [-0.05, 0) is 56.8 Å². The number of nitrogens with one attached hydrogen (secondary N) is 1. The summed E-state index contributed by atoms with van der Waals surface area (Å²) in [6.07, 6.45) is 14.7. The molecule has 0 unspecified atom stereocenters. The van der Waals surface area contributed by atoms with Gasteiger partial charge in [0.1, 0.15) is 11.6 Å². The maximum atomic E-state index is 13.7. The van der Waals surface area contributed by atoms with Gasteiger partial charge in [-0.2, -0.15) is 0 Å². The molecule has 0 radical (unpaired) electrons. The molecule has 2 amide bonds. The van der Waals surface area contributed by atoms with Gasteiger partial charge in [0.15, 0.2) is 0 Å². The number of rotatable bonds is 7. The van der Waals surface area contributed by atoms with E-state index in [1.54, 1.807) is 0 Å². The zero-order valence-electron chi connectivity index (χ0n) is 20.6. The van der Waals surface area contributed by atoms with Crippen molar-refractivity contribution in [3.63, 3.8) is 0 Å². The van der Waals surface area contributed by atoms with Crippen LogP contribution in [0.3, 0.4) is 0 Å². The van der Waals surface area contributed by atoms with E-state index < -0.39 is 17.7 Å². The van der Waals surface area contributed by atoms with Crippen LogP contribution in [0.4, 0.5) is 0 Å². The minimum atomic E-state index is -0.770. The van der Waals surface area contributed by atoms with Crippen molar-refractivity contribution in [1.82, 2.24) is 15.1 Å². The normalized spacial score (nSPS) is 28.4. The number of carbonyl (C=O) groups is 2. The van der Waals surface area contributed by atoms with Crippen LogP contribution in [-0.4, -0.2) is 70.6 Å². The SMILES string of the molecule is CCCCN1C(=O)[C@@H]([C@H](O)C2CCCCC2)NC(=O)C12CCN(CC1CCCCC1)CC2.Cl. The second kappa shape index (κ2) is 12.2. The van der Waals surface area contributed by atoms with Crippen LogP contribution < -0.4 is 5.32 Å². The van der Waals surface area contributed by atoms with Crippen molar-refractivity contribution in [1.29, 1.82) is 0 Å². The summed E-state index contributed by atoms with van der Waals surface area (Å²) >= 11 is 0. The number of unbranched alkanes of at least 4 members (excludes halogenated alkanes) is 1. The number of halogens is 1. The molecule has 190 valence electrons. The van der Waals surface area contributed by atoms with Crippen LogP contribution in [0.15, 0.2) is 0 Å². The molecule has 0 aromatic rings. The number of piperazine rings is 1. The molecule has 33 heavy (non-hydrogen) atoms. The summed E-state index contributed by atoms with van der Waals surface area (Å²) in [6, 6.07) is -0.770. The molecule has 4 fully saturated rings. The van der Waals surface area contributed by atoms with E-state index in [-0.39, 0.29) is 30.1 Å². The van der Waals surface area contributed by atoms with Crippen molar-refractivity contribution in [2.45, 2.75) is 114 Å². The Bertz CT molecular complexity index is 641. The van der Waals surface area contributed by atoms with Gasteiger partial charge < -0.3 is 20.2 Å². The lowest BCUT2D eigenvalue weighted by molar-refractivity contribution is -0.166. The third-order valence-corrected chi connectivity index (χ3v) is 8.89. The average molecular weight is 484 g/mol. The maximum absolute atomic E-state index is 13.7. The largest absolute Gasteiger partial charge is 0.390 e. The zero-order chi connectivity index (χ0) is 22.6. The van der Waals surface area contributed by atoms with Gasteiger partial charge in [0, 0.05) is 26.2 Å². The molecule has 2 aliphatic carbocycles. The van der Waals surface area contributed by atoms with Crippen LogP contribution in [0.5, 0.6) is 0 Å². The third-order valence-electron chi connectivity index (χ3n) is 8.89. The summed E-state index contributed by atoms with van der Waals surface area (Å²) in [5.41, 5.74) is -0.724. The Hall–Kier alpha value is -0.850. The van der Waals surface area contributed by atoms with Gasteiger partial charge in [-0.1, -0.05) is 51.9 Å². The Kier molecular flexibility index (Phi) is 9.90. The number of piperidine rings is 1. The minimum absolute atomic E-state index is 0. The van der Waals surface area contributed by atoms with Crippen LogP contribution in [0, 0.1) is 11.8 Å². The number of hydrogen-bond donors (Lipinski definition) is 2. The van der Waals surface area contributed by atoms with Crippen LogP contribution in [0.2, 0.25) is 0 Å². The summed E-state index contributed by atoms with van der Waals surface area (Å²) in [7, 11) is 0. The lowest BCUT2D eigenvalue weighted by atomic mass is 9.77. The fourth-order valence-electron chi connectivity index (χ4n) is 6.80. The molecule has 2 aliphatic heterocycles. The first-order valence-electron chi connectivity index (χ1n) is 13.6. The number of nitrogens with zero attached hydrogens (tertiary/aromatic N) is 2. The fourth-order valence-corrected chi connectivity index (χ4v) is 6.80. The third kappa shape index (κ3) is 5.87. The molecule has 2 atom stereocenters. The monoisotopic (exact) mass is 483 g/mol. The van der Waals surface area contributed by atoms with Gasteiger partial charge in [-0.3, -0.25) is 9.59 Å². The molecule has 7 heteroatoms. The van der Waals surface area contributed by atoms with Crippen LogP contribution in [-0.2, 0) is 9.59 Å². The Balaban J connectivity index is 0.00000306. The molecule has 1 spiro atoms. The minimum Gasteiger partial charge on any atom is -0.390 e.